The second kappa shape index (κ2) is 9.87. The van der Waals surface area contributed by atoms with E-state index in [1.165, 1.54) is 77.0 Å². The molecule has 1 aliphatic rings. The van der Waals surface area contributed by atoms with Crippen molar-refractivity contribution in [1.29, 1.82) is 0 Å². The van der Waals surface area contributed by atoms with Gasteiger partial charge in [-0.1, -0.05) is 91.4 Å². The zero-order valence-electron chi connectivity index (χ0n) is 13.2. The number of unbranched alkanes of at least 4 members (excludes halogenated alkanes) is 2. The van der Waals surface area contributed by atoms with Crippen molar-refractivity contribution in [3.63, 3.8) is 0 Å². The van der Waals surface area contributed by atoms with Crippen LogP contribution >= 0.6 is 0 Å². The molecule has 0 aromatic rings. The SMILES string of the molecule is CCCCC1CCCC(C(CC)CCCC)CC1. The average molecular weight is 252 g/mol. The third-order valence-corrected chi connectivity index (χ3v) is 5.22. The van der Waals surface area contributed by atoms with Crippen molar-refractivity contribution in [2.24, 2.45) is 17.8 Å². The van der Waals surface area contributed by atoms with E-state index in [1.807, 2.05) is 0 Å². The first-order valence-corrected chi connectivity index (χ1v) is 8.81. The van der Waals surface area contributed by atoms with Crippen LogP contribution in [-0.2, 0) is 0 Å². The molecule has 0 nitrogen and oxygen atoms in total. The molecule has 0 radical (unpaired) electrons. The summed E-state index contributed by atoms with van der Waals surface area (Å²) in [6, 6.07) is 0. The lowest BCUT2D eigenvalue weighted by Gasteiger charge is -2.25. The van der Waals surface area contributed by atoms with Gasteiger partial charge in [-0.2, -0.15) is 0 Å². The van der Waals surface area contributed by atoms with Crippen LogP contribution in [0.15, 0.2) is 0 Å². The van der Waals surface area contributed by atoms with Crippen molar-refractivity contribution in [2.75, 3.05) is 0 Å². The van der Waals surface area contributed by atoms with E-state index in [2.05, 4.69) is 20.8 Å². The smallest absolute Gasteiger partial charge is 0.0386 e. The maximum atomic E-state index is 2.42. The Labute approximate surface area is 116 Å². The first-order chi connectivity index (χ1) is 8.81. The molecule has 0 aliphatic heterocycles. The third kappa shape index (κ3) is 5.76. The summed E-state index contributed by atoms with van der Waals surface area (Å²) in [6.07, 6.45) is 17.8. The van der Waals surface area contributed by atoms with Crippen LogP contribution in [0.4, 0.5) is 0 Å². The lowest BCUT2D eigenvalue weighted by atomic mass is 9.81. The van der Waals surface area contributed by atoms with Crippen molar-refractivity contribution in [3.8, 4) is 0 Å². The van der Waals surface area contributed by atoms with Gasteiger partial charge in [0.2, 0.25) is 0 Å². The van der Waals surface area contributed by atoms with Crippen molar-refractivity contribution in [1.82, 2.24) is 0 Å². The molecule has 0 spiro atoms. The molecule has 1 rings (SSSR count). The van der Waals surface area contributed by atoms with Gasteiger partial charge in [0.25, 0.3) is 0 Å². The van der Waals surface area contributed by atoms with E-state index >= 15 is 0 Å². The van der Waals surface area contributed by atoms with Crippen molar-refractivity contribution in [3.05, 3.63) is 0 Å². The van der Waals surface area contributed by atoms with Crippen molar-refractivity contribution >= 4 is 0 Å². The van der Waals surface area contributed by atoms with Gasteiger partial charge in [-0.15, -0.1) is 0 Å². The molecule has 108 valence electrons. The Morgan fingerprint density at radius 2 is 1.67 bits per heavy atom. The maximum Gasteiger partial charge on any atom is -0.0386 e. The standard InChI is InChI=1S/C18H36/c1-4-7-10-16-11-9-13-18(15-14-16)17(6-3)12-8-5-2/h16-18H,4-15H2,1-3H3. The highest BCUT2D eigenvalue weighted by Crippen LogP contribution is 2.36. The highest BCUT2D eigenvalue weighted by molar-refractivity contribution is 4.75. The van der Waals surface area contributed by atoms with Gasteiger partial charge in [0, 0.05) is 0 Å². The minimum atomic E-state index is 1.04. The highest BCUT2D eigenvalue weighted by atomic mass is 14.3. The summed E-state index contributed by atoms with van der Waals surface area (Å²) in [7, 11) is 0. The Bertz CT molecular complexity index is 184. The predicted octanol–water partition coefficient (Wildman–Crippen LogP) is 6.59. The van der Waals surface area contributed by atoms with Gasteiger partial charge in [0.1, 0.15) is 0 Å². The van der Waals surface area contributed by atoms with Gasteiger partial charge in [-0.05, 0) is 24.2 Å². The van der Waals surface area contributed by atoms with Crippen molar-refractivity contribution in [2.45, 2.75) is 97.8 Å². The summed E-state index contributed by atoms with van der Waals surface area (Å²) in [5, 5.41) is 0. The van der Waals surface area contributed by atoms with E-state index in [1.54, 1.807) is 0 Å². The summed E-state index contributed by atoms with van der Waals surface area (Å²) in [5.41, 5.74) is 0. The van der Waals surface area contributed by atoms with E-state index < -0.39 is 0 Å². The largest absolute Gasteiger partial charge is 0.0654 e. The molecule has 0 aromatic heterocycles. The van der Waals surface area contributed by atoms with Gasteiger partial charge >= 0.3 is 0 Å². The zero-order valence-corrected chi connectivity index (χ0v) is 13.2. The molecule has 0 N–H and O–H groups in total. The summed E-state index contributed by atoms with van der Waals surface area (Å²) < 4.78 is 0. The van der Waals surface area contributed by atoms with Crippen LogP contribution in [0.5, 0.6) is 0 Å². The normalized spacial score (nSPS) is 26.8. The summed E-state index contributed by atoms with van der Waals surface area (Å²) in [6.45, 7) is 7.08. The number of hydrogen-bond donors (Lipinski definition) is 0. The predicted molar refractivity (Wildman–Crippen MR) is 82.9 cm³/mol. The fourth-order valence-corrected chi connectivity index (χ4v) is 3.90. The van der Waals surface area contributed by atoms with Crippen LogP contribution in [0.3, 0.4) is 0 Å². The van der Waals surface area contributed by atoms with Gasteiger partial charge in [-0.3, -0.25) is 0 Å². The van der Waals surface area contributed by atoms with Crippen molar-refractivity contribution < 1.29 is 0 Å². The fourth-order valence-electron chi connectivity index (χ4n) is 3.90. The topological polar surface area (TPSA) is 0 Å². The molecule has 1 saturated carbocycles. The average Bonchev–Trinajstić information content (AvgIpc) is 2.63. The van der Waals surface area contributed by atoms with Crippen LogP contribution in [0, 0.1) is 17.8 Å². The Morgan fingerprint density at radius 1 is 0.889 bits per heavy atom. The molecule has 0 heteroatoms. The molecule has 18 heavy (non-hydrogen) atoms. The molecule has 1 aliphatic carbocycles. The number of hydrogen-bond acceptors (Lipinski definition) is 0. The van der Waals surface area contributed by atoms with Gasteiger partial charge in [0.15, 0.2) is 0 Å². The highest BCUT2D eigenvalue weighted by Gasteiger charge is 2.23. The number of rotatable bonds is 8. The van der Waals surface area contributed by atoms with E-state index in [0.717, 1.165) is 17.8 Å². The minimum absolute atomic E-state index is 1.04. The Balaban J connectivity index is 2.34. The van der Waals surface area contributed by atoms with E-state index in [0.29, 0.717) is 0 Å². The van der Waals surface area contributed by atoms with Crippen LogP contribution in [0.1, 0.15) is 97.8 Å². The third-order valence-electron chi connectivity index (χ3n) is 5.22. The molecule has 1 fully saturated rings. The zero-order chi connectivity index (χ0) is 13.2. The first-order valence-electron chi connectivity index (χ1n) is 8.81. The molecule has 0 amide bonds. The van der Waals surface area contributed by atoms with Crippen LogP contribution < -0.4 is 0 Å². The summed E-state index contributed by atoms with van der Waals surface area (Å²) in [4.78, 5) is 0. The molecule has 0 bridgehead atoms. The summed E-state index contributed by atoms with van der Waals surface area (Å²) >= 11 is 0. The van der Waals surface area contributed by atoms with Gasteiger partial charge in [0.05, 0.1) is 0 Å². The molecule has 3 unspecified atom stereocenters. The fraction of sp³-hybridized carbons (Fsp3) is 1.00. The molecule has 0 heterocycles. The maximum absolute atomic E-state index is 2.42. The molecule has 3 atom stereocenters. The van der Waals surface area contributed by atoms with E-state index in [9.17, 15) is 0 Å². The minimum Gasteiger partial charge on any atom is -0.0654 e. The lowest BCUT2D eigenvalue weighted by molar-refractivity contribution is 0.264. The van der Waals surface area contributed by atoms with Gasteiger partial charge in [-0.25, -0.2) is 0 Å². The molecule has 0 aromatic carbocycles. The molecule has 0 saturated heterocycles. The molecular formula is C18H36. The monoisotopic (exact) mass is 252 g/mol. The Hall–Kier alpha value is 0. The lowest BCUT2D eigenvalue weighted by Crippen LogP contribution is -2.13. The van der Waals surface area contributed by atoms with Crippen LogP contribution in [0.25, 0.3) is 0 Å². The quantitative estimate of drug-likeness (QED) is 0.427. The summed E-state index contributed by atoms with van der Waals surface area (Å²) in [5.74, 6) is 3.17. The molecular weight excluding hydrogens is 216 g/mol. The second-order valence-electron chi connectivity index (χ2n) is 6.59. The first kappa shape index (κ1) is 16.1. The second-order valence-corrected chi connectivity index (χ2v) is 6.59. The Kier molecular flexibility index (Phi) is 8.80. The Morgan fingerprint density at radius 3 is 2.33 bits per heavy atom. The van der Waals surface area contributed by atoms with E-state index in [-0.39, 0.29) is 0 Å². The van der Waals surface area contributed by atoms with Crippen LogP contribution in [0.2, 0.25) is 0 Å². The van der Waals surface area contributed by atoms with Gasteiger partial charge < -0.3 is 0 Å². The van der Waals surface area contributed by atoms with Crippen LogP contribution in [-0.4, -0.2) is 0 Å². The van der Waals surface area contributed by atoms with E-state index in [4.69, 9.17) is 0 Å².